The molecule has 3 rings (SSSR count). The third kappa shape index (κ3) is 1.26. The summed E-state index contributed by atoms with van der Waals surface area (Å²) in [7, 11) is 0. The third-order valence-corrected chi connectivity index (χ3v) is 2.57. The second kappa shape index (κ2) is 3.38. The predicted octanol–water partition coefficient (Wildman–Crippen LogP) is 2.73. The zero-order valence-electron chi connectivity index (χ0n) is 8.46. The Balaban J connectivity index is 2.32. The van der Waals surface area contributed by atoms with Gasteiger partial charge in [0.2, 0.25) is 5.52 Å². The van der Waals surface area contributed by atoms with Gasteiger partial charge in [0.15, 0.2) is 5.76 Å². The fourth-order valence-electron chi connectivity index (χ4n) is 1.79. The topological polar surface area (TPSA) is 40.1 Å². The van der Waals surface area contributed by atoms with Gasteiger partial charge < -0.3 is 9.62 Å². The van der Waals surface area contributed by atoms with Crippen molar-refractivity contribution in [2.45, 2.75) is 0 Å². The molecule has 16 heavy (non-hydrogen) atoms. The van der Waals surface area contributed by atoms with E-state index in [9.17, 15) is 5.21 Å². The quantitative estimate of drug-likeness (QED) is 0.458. The summed E-state index contributed by atoms with van der Waals surface area (Å²) in [5.41, 5.74) is 1.18. The first-order valence-corrected chi connectivity index (χ1v) is 5.01. The average Bonchev–Trinajstić information content (AvgIpc) is 2.83. The Hall–Kier alpha value is -2.29. The first-order valence-electron chi connectivity index (χ1n) is 5.01. The minimum Gasteiger partial charge on any atom is -0.618 e. The lowest BCUT2D eigenvalue weighted by Crippen LogP contribution is -2.29. The van der Waals surface area contributed by atoms with Crippen LogP contribution in [0.15, 0.2) is 59.2 Å². The summed E-state index contributed by atoms with van der Waals surface area (Å²) < 4.78 is 6.13. The summed E-state index contributed by atoms with van der Waals surface area (Å²) in [5.74, 6) is 0.584. The highest BCUT2D eigenvalue weighted by Gasteiger charge is 2.13. The SMILES string of the molecule is [O-][n+]1c(-c2ccco2)ccc2ccccc21. The van der Waals surface area contributed by atoms with E-state index in [-0.39, 0.29) is 0 Å². The van der Waals surface area contributed by atoms with Crippen molar-refractivity contribution in [1.29, 1.82) is 0 Å². The lowest BCUT2D eigenvalue weighted by Gasteiger charge is -2.05. The maximum absolute atomic E-state index is 12.1. The number of aromatic nitrogens is 1. The van der Waals surface area contributed by atoms with Crippen LogP contribution in [0.4, 0.5) is 0 Å². The molecule has 0 aliphatic heterocycles. The van der Waals surface area contributed by atoms with Crippen LogP contribution in [0.1, 0.15) is 0 Å². The highest BCUT2D eigenvalue weighted by atomic mass is 16.5. The molecule has 0 atom stereocenters. The van der Waals surface area contributed by atoms with Gasteiger partial charge in [0.05, 0.1) is 6.26 Å². The molecule has 3 nitrogen and oxygen atoms in total. The van der Waals surface area contributed by atoms with Crippen LogP contribution in [-0.4, -0.2) is 0 Å². The number of hydrogen-bond acceptors (Lipinski definition) is 2. The van der Waals surface area contributed by atoms with Crippen LogP contribution in [0.25, 0.3) is 22.4 Å². The molecule has 2 aromatic heterocycles. The van der Waals surface area contributed by atoms with Crippen LogP contribution in [-0.2, 0) is 0 Å². The second-order valence-corrected chi connectivity index (χ2v) is 3.55. The Morgan fingerprint density at radius 3 is 2.62 bits per heavy atom. The van der Waals surface area contributed by atoms with Gasteiger partial charge in [-0.2, -0.15) is 4.73 Å². The number of fused-ring (bicyclic) bond motifs is 1. The number of para-hydroxylation sites is 1. The van der Waals surface area contributed by atoms with Gasteiger partial charge in [-0.05, 0) is 24.3 Å². The first-order chi connectivity index (χ1) is 7.86. The summed E-state index contributed by atoms with van der Waals surface area (Å²) in [4.78, 5) is 0. The molecule has 0 radical (unpaired) electrons. The van der Waals surface area contributed by atoms with E-state index >= 15 is 0 Å². The van der Waals surface area contributed by atoms with E-state index in [4.69, 9.17) is 4.42 Å². The summed E-state index contributed by atoms with van der Waals surface area (Å²) in [6, 6.07) is 14.7. The van der Waals surface area contributed by atoms with Gasteiger partial charge in [-0.25, -0.2) is 0 Å². The molecule has 78 valence electrons. The molecule has 2 heterocycles. The molecule has 0 unspecified atom stereocenters. The van der Waals surface area contributed by atoms with E-state index in [1.54, 1.807) is 30.5 Å². The van der Waals surface area contributed by atoms with Gasteiger partial charge in [-0.15, -0.1) is 0 Å². The van der Waals surface area contributed by atoms with Gasteiger partial charge in [0.25, 0.3) is 5.69 Å². The van der Waals surface area contributed by atoms with Crippen molar-refractivity contribution < 1.29 is 9.15 Å². The number of nitrogens with zero attached hydrogens (tertiary/aromatic N) is 1. The van der Waals surface area contributed by atoms with Crippen molar-refractivity contribution in [3.05, 3.63) is 60.0 Å². The molecule has 0 N–H and O–H groups in total. The fraction of sp³-hybridized carbons (Fsp3) is 0. The van der Waals surface area contributed by atoms with E-state index < -0.39 is 0 Å². The van der Waals surface area contributed by atoms with Gasteiger partial charge in [0, 0.05) is 17.5 Å². The highest BCUT2D eigenvalue weighted by molar-refractivity contribution is 5.77. The Morgan fingerprint density at radius 1 is 0.938 bits per heavy atom. The van der Waals surface area contributed by atoms with Gasteiger partial charge >= 0.3 is 0 Å². The fourth-order valence-corrected chi connectivity index (χ4v) is 1.79. The van der Waals surface area contributed by atoms with Gasteiger partial charge in [0.1, 0.15) is 0 Å². The summed E-state index contributed by atoms with van der Waals surface area (Å²) >= 11 is 0. The molecule has 0 amide bonds. The molecule has 0 aliphatic rings. The number of furan rings is 1. The van der Waals surface area contributed by atoms with Crippen molar-refractivity contribution in [3.8, 4) is 11.5 Å². The monoisotopic (exact) mass is 211 g/mol. The minimum atomic E-state index is 0.531. The van der Waals surface area contributed by atoms with E-state index in [0.717, 1.165) is 10.1 Å². The minimum absolute atomic E-state index is 0.531. The van der Waals surface area contributed by atoms with Crippen molar-refractivity contribution in [1.82, 2.24) is 0 Å². The smallest absolute Gasteiger partial charge is 0.259 e. The van der Waals surface area contributed by atoms with Crippen molar-refractivity contribution in [3.63, 3.8) is 0 Å². The molecular formula is C13H9NO2. The molecule has 0 saturated heterocycles. The molecule has 3 aromatic rings. The largest absolute Gasteiger partial charge is 0.618 e. The Morgan fingerprint density at radius 2 is 1.81 bits per heavy atom. The van der Waals surface area contributed by atoms with E-state index in [0.29, 0.717) is 17.0 Å². The number of rotatable bonds is 1. The van der Waals surface area contributed by atoms with Gasteiger partial charge in [-0.1, -0.05) is 12.1 Å². The molecule has 1 aromatic carbocycles. The Labute approximate surface area is 92.1 Å². The van der Waals surface area contributed by atoms with Crippen LogP contribution < -0.4 is 4.73 Å². The first kappa shape index (κ1) is 8.97. The lowest BCUT2D eigenvalue weighted by atomic mass is 10.2. The molecule has 0 bridgehead atoms. The number of pyridine rings is 1. The summed E-state index contributed by atoms with van der Waals surface area (Å²) in [6.07, 6.45) is 1.56. The normalized spacial score (nSPS) is 10.8. The summed E-state index contributed by atoms with van der Waals surface area (Å²) in [5, 5.41) is 13.0. The number of benzene rings is 1. The predicted molar refractivity (Wildman–Crippen MR) is 60.6 cm³/mol. The average molecular weight is 211 g/mol. The standard InChI is InChI=1S/C13H9NO2/c15-14-11-5-2-1-4-10(11)7-8-12(14)13-6-3-9-16-13/h1-9H. The molecule has 0 aliphatic carbocycles. The molecule has 0 saturated carbocycles. The van der Waals surface area contributed by atoms with Crippen LogP contribution >= 0.6 is 0 Å². The zero-order chi connectivity index (χ0) is 11.0. The zero-order valence-corrected chi connectivity index (χ0v) is 8.46. The lowest BCUT2D eigenvalue weighted by molar-refractivity contribution is -0.565. The van der Waals surface area contributed by atoms with Crippen LogP contribution in [0.2, 0.25) is 0 Å². The van der Waals surface area contributed by atoms with Crippen molar-refractivity contribution in [2.24, 2.45) is 0 Å². The molecular weight excluding hydrogens is 202 g/mol. The maximum Gasteiger partial charge on any atom is 0.259 e. The van der Waals surface area contributed by atoms with E-state index in [1.165, 1.54) is 0 Å². The highest BCUT2D eigenvalue weighted by Crippen LogP contribution is 2.19. The van der Waals surface area contributed by atoms with Gasteiger partial charge in [-0.3, -0.25) is 0 Å². The number of hydrogen-bond donors (Lipinski definition) is 0. The molecule has 0 fully saturated rings. The van der Waals surface area contributed by atoms with E-state index in [1.807, 2.05) is 24.3 Å². The second-order valence-electron chi connectivity index (χ2n) is 3.55. The van der Waals surface area contributed by atoms with Crippen molar-refractivity contribution >= 4 is 10.9 Å². The van der Waals surface area contributed by atoms with Crippen LogP contribution in [0, 0.1) is 5.21 Å². The van der Waals surface area contributed by atoms with E-state index in [2.05, 4.69) is 0 Å². The maximum atomic E-state index is 12.1. The Bertz CT molecular complexity index is 629. The molecule has 0 spiro atoms. The summed E-state index contributed by atoms with van der Waals surface area (Å²) in [6.45, 7) is 0. The van der Waals surface area contributed by atoms with Crippen molar-refractivity contribution in [2.75, 3.05) is 0 Å². The van der Waals surface area contributed by atoms with Crippen LogP contribution in [0.3, 0.4) is 0 Å². The third-order valence-electron chi connectivity index (χ3n) is 2.57. The Kier molecular flexibility index (Phi) is 1.90. The van der Waals surface area contributed by atoms with Crippen LogP contribution in [0.5, 0.6) is 0 Å². The molecule has 3 heteroatoms.